The van der Waals surface area contributed by atoms with Crippen LogP contribution in [0.3, 0.4) is 0 Å². The molecule has 0 radical (unpaired) electrons. The molecular formula is C14H15N5O. The summed E-state index contributed by atoms with van der Waals surface area (Å²) in [4.78, 5) is 6.72. The highest BCUT2D eigenvalue weighted by molar-refractivity contribution is 6.02. The third-order valence-electron chi connectivity index (χ3n) is 3.69. The maximum Gasteiger partial charge on any atom is 0.114 e. The van der Waals surface area contributed by atoms with Crippen molar-refractivity contribution < 1.29 is 4.74 Å². The lowest BCUT2D eigenvalue weighted by Crippen LogP contribution is -2.37. The number of morpholine rings is 1. The highest BCUT2D eigenvalue weighted by Crippen LogP contribution is 2.22. The van der Waals surface area contributed by atoms with E-state index in [1.165, 1.54) is 0 Å². The molecule has 1 aliphatic heterocycles. The summed E-state index contributed by atoms with van der Waals surface area (Å²) < 4.78 is 7.34. The van der Waals surface area contributed by atoms with Crippen LogP contribution >= 0.6 is 0 Å². The van der Waals surface area contributed by atoms with Crippen LogP contribution in [0.4, 0.5) is 0 Å². The summed E-state index contributed by atoms with van der Waals surface area (Å²) in [5.74, 6) is 0. The van der Waals surface area contributed by atoms with Crippen LogP contribution in [0.2, 0.25) is 0 Å². The van der Waals surface area contributed by atoms with Crippen LogP contribution in [-0.2, 0) is 11.4 Å². The zero-order chi connectivity index (χ0) is 13.4. The molecule has 0 unspecified atom stereocenters. The Hall–Kier alpha value is -2.05. The molecule has 1 saturated heterocycles. The van der Waals surface area contributed by atoms with Gasteiger partial charge in [0.15, 0.2) is 0 Å². The molecule has 0 N–H and O–H groups in total. The molecule has 0 spiro atoms. The van der Waals surface area contributed by atoms with E-state index in [2.05, 4.69) is 26.3 Å². The molecule has 6 nitrogen and oxygen atoms in total. The molecular weight excluding hydrogens is 254 g/mol. The molecule has 1 aromatic carbocycles. The summed E-state index contributed by atoms with van der Waals surface area (Å²) in [5, 5.41) is 9.66. The second-order valence-corrected chi connectivity index (χ2v) is 4.96. The predicted octanol–water partition coefficient (Wildman–Crippen LogP) is 1.27. The first-order valence-corrected chi connectivity index (χ1v) is 6.79. The van der Waals surface area contributed by atoms with E-state index in [1.807, 2.05) is 29.1 Å². The average Bonchev–Trinajstić information content (AvgIpc) is 2.92. The zero-order valence-corrected chi connectivity index (χ0v) is 11.1. The average molecular weight is 269 g/mol. The fourth-order valence-corrected chi connectivity index (χ4v) is 2.66. The van der Waals surface area contributed by atoms with Gasteiger partial charge in [0, 0.05) is 24.7 Å². The summed E-state index contributed by atoms with van der Waals surface area (Å²) in [6, 6.07) is 8.00. The number of fused-ring (bicyclic) bond motifs is 3. The van der Waals surface area contributed by atoms with Crippen LogP contribution < -0.4 is 0 Å². The molecule has 0 aliphatic carbocycles. The normalized spacial score (nSPS) is 17.0. The number of hydrogen-bond donors (Lipinski definition) is 0. The molecule has 4 rings (SSSR count). The smallest absolute Gasteiger partial charge is 0.114 e. The molecule has 0 bridgehead atoms. The van der Waals surface area contributed by atoms with Crippen LogP contribution in [0.1, 0.15) is 0 Å². The SMILES string of the molecule is c1cnc2ccc3nnn(CN4CCOCC4)c3c2c1. The van der Waals surface area contributed by atoms with Gasteiger partial charge in [0.1, 0.15) is 5.52 Å². The van der Waals surface area contributed by atoms with E-state index < -0.39 is 0 Å². The molecule has 3 heterocycles. The second-order valence-electron chi connectivity index (χ2n) is 4.96. The van der Waals surface area contributed by atoms with E-state index >= 15 is 0 Å². The first-order valence-electron chi connectivity index (χ1n) is 6.79. The van der Waals surface area contributed by atoms with Gasteiger partial charge in [-0.15, -0.1) is 5.10 Å². The molecule has 2 aromatic heterocycles. The van der Waals surface area contributed by atoms with E-state index in [-0.39, 0.29) is 0 Å². The monoisotopic (exact) mass is 269 g/mol. The van der Waals surface area contributed by atoms with Crippen molar-refractivity contribution in [2.75, 3.05) is 26.3 Å². The fourth-order valence-electron chi connectivity index (χ4n) is 2.66. The quantitative estimate of drug-likeness (QED) is 0.701. The highest BCUT2D eigenvalue weighted by atomic mass is 16.5. The molecule has 102 valence electrons. The summed E-state index contributed by atoms with van der Waals surface area (Å²) >= 11 is 0. The molecule has 6 heteroatoms. The highest BCUT2D eigenvalue weighted by Gasteiger charge is 2.14. The number of benzene rings is 1. The van der Waals surface area contributed by atoms with Crippen LogP contribution in [0.25, 0.3) is 21.9 Å². The third-order valence-corrected chi connectivity index (χ3v) is 3.69. The van der Waals surface area contributed by atoms with Crippen molar-refractivity contribution in [2.45, 2.75) is 6.67 Å². The Labute approximate surface area is 116 Å². The van der Waals surface area contributed by atoms with Gasteiger partial charge in [0.2, 0.25) is 0 Å². The van der Waals surface area contributed by atoms with Crippen molar-refractivity contribution >= 4 is 21.9 Å². The van der Waals surface area contributed by atoms with Crippen LogP contribution in [-0.4, -0.2) is 51.2 Å². The van der Waals surface area contributed by atoms with Gasteiger partial charge in [-0.1, -0.05) is 5.21 Å². The fraction of sp³-hybridized carbons (Fsp3) is 0.357. The largest absolute Gasteiger partial charge is 0.379 e. The van der Waals surface area contributed by atoms with Crippen molar-refractivity contribution in [3.8, 4) is 0 Å². The van der Waals surface area contributed by atoms with E-state index in [1.54, 1.807) is 0 Å². The van der Waals surface area contributed by atoms with Crippen molar-refractivity contribution in [1.82, 2.24) is 24.9 Å². The summed E-state index contributed by atoms with van der Waals surface area (Å²) in [6.45, 7) is 4.19. The predicted molar refractivity (Wildman–Crippen MR) is 75.2 cm³/mol. The molecule has 1 aliphatic rings. The summed E-state index contributed by atoms with van der Waals surface area (Å²) in [7, 11) is 0. The van der Waals surface area contributed by atoms with Crippen LogP contribution in [0.15, 0.2) is 30.5 Å². The number of aromatic nitrogens is 4. The zero-order valence-electron chi connectivity index (χ0n) is 11.1. The Morgan fingerprint density at radius 2 is 1.95 bits per heavy atom. The van der Waals surface area contributed by atoms with Gasteiger partial charge in [-0.05, 0) is 24.3 Å². The third kappa shape index (κ3) is 1.93. The van der Waals surface area contributed by atoms with Gasteiger partial charge in [-0.3, -0.25) is 9.88 Å². The molecule has 3 aromatic rings. The number of pyridine rings is 1. The van der Waals surface area contributed by atoms with Gasteiger partial charge >= 0.3 is 0 Å². The van der Waals surface area contributed by atoms with Crippen molar-refractivity contribution in [1.29, 1.82) is 0 Å². The molecule has 1 fully saturated rings. The maximum atomic E-state index is 5.38. The molecule has 0 amide bonds. The minimum atomic E-state index is 0.744. The minimum absolute atomic E-state index is 0.744. The maximum absolute atomic E-state index is 5.38. The lowest BCUT2D eigenvalue weighted by atomic mass is 10.2. The first kappa shape index (κ1) is 11.7. The van der Waals surface area contributed by atoms with Crippen molar-refractivity contribution in [2.24, 2.45) is 0 Å². The van der Waals surface area contributed by atoms with E-state index in [0.717, 1.165) is 54.9 Å². The number of hydrogen-bond acceptors (Lipinski definition) is 5. The molecule has 0 saturated carbocycles. The number of ether oxygens (including phenoxy) is 1. The molecule has 0 atom stereocenters. The Bertz CT molecular complexity index is 747. The van der Waals surface area contributed by atoms with E-state index in [4.69, 9.17) is 4.74 Å². The molecule has 20 heavy (non-hydrogen) atoms. The van der Waals surface area contributed by atoms with Crippen molar-refractivity contribution in [3.63, 3.8) is 0 Å². The summed E-state index contributed by atoms with van der Waals surface area (Å²) in [5.41, 5.74) is 2.95. The minimum Gasteiger partial charge on any atom is -0.379 e. The lowest BCUT2D eigenvalue weighted by molar-refractivity contribution is 0.0218. The van der Waals surface area contributed by atoms with Crippen molar-refractivity contribution in [3.05, 3.63) is 30.5 Å². The number of nitrogens with zero attached hydrogens (tertiary/aromatic N) is 5. The second kappa shape index (κ2) is 4.81. The van der Waals surface area contributed by atoms with Gasteiger partial charge in [0.25, 0.3) is 0 Å². The van der Waals surface area contributed by atoms with E-state index in [9.17, 15) is 0 Å². The Morgan fingerprint density at radius 1 is 1.10 bits per heavy atom. The topological polar surface area (TPSA) is 56.1 Å². The van der Waals surface area contributed by atoms with Gasteiger partial charge < -0.3 is 4.74 Å². The Balaban J connectivity index is 1.80. The van der Waals surface area contributed by atoms with Crippen LogP contribution in [0, 0.1) is 0 Å². The summed E-state index contributed by atoms with van der Waals surface area (Å²) in [6.07, 6.45) is 1.81. The lowest BCUT2D eigenvalue weighted by Gasteiger charge is -2.26. The van der Waals surface area contributed by atoms with E-state index in [0.29, 0.717) is 0 Å². The van der Waals surface area contributed by atoms with Gasteiger partial charge in [-0.2, -0.15) is 0 Å². The first-order chi connectivity index (χ1) is 9.92. The Morgan fingerprint density at radius 3 is 2.85 bits per heavy atom. The van der Waals surface area contributed by atoms with Crippen LogP contribution in [0.5, 0.6) is 0 Å². The van der Waals surface area contributed by atoms with Gasteiger partial charge in [-0.25, -0.2) is 4.68 Å². The van der Waals surface area contributed by atoms with Gasteiger partial charge in [0.05, 0.1) is 30.9 Å². The number of rotatable bonds is 2. The standard InChI is InChI=1S/C14H15N5O/c1-2-11-12(15-5-1)3-4-13-14(11)19(17-16-13)10-18-6-8-20-9-7-18/h1-5H,6-10H2. The Kier molecular flexibility index (Phi) is 2.82.